The molecular formula is C20H23F2N3O3. The average Bonchev–Trinajstić information content (AvgIpc) is 3.08. The zero-order chi connectivity index (χ0) is 20.5. The summed E-state index contributed by atoms with van der Waals surface area (Å²) in [6.07, 6.45) is 2.44. The Morgan fingerprint density at radius 3 is 2.57 bits per heavy atom. The number of piperidine rings is 1. The maximum atomic E-state index is 13.9. The number of oxazole rings is 1. The first-order chi connectivity index (χ1) is 13.2. The number of nitrogens with one attached hydrogen (secondary N) is 1. The van der Waals surface area contributed by atoms with Crippen LogP contribution in [0.15, 0.2) is 28.9 Å². The number of anilines is 1. The van der Waals surface area contributed by atoms with Gasteiger partial charge in [0.1, 0.15) is 23.6 Å². The molecule has 1 saturated heterocycles. The number of amides is 2. The lowest BCUT2D eigenvalue weighted by Crippen LogP contribution is -2.47. The number of nitrogens with zero attached hydrogens (tertiary/aromatic N) is 2. The summed E-state index contributed by atoms with van der Waals surface area (Å²) < 4.78 is 32.9. The average molecular weight is 391 g/mol. The molecular weight excluding hydrogens is 368 g/mol. The van der Waals surface area contributed by atoms with Crippen LogP contribution in [0.1, 0.15) is 33.6 Å². The maximum Gasteiger partial charge on any atom is 0.301 e. The minimum atomic E-state index is -0.769. The lowest BCUT2D eigenvalue weighted by Gasteiger charge is -2.35. The summed E-state index contributed by atoms with van der Waals surface area (Å²) in [6.45, 7) is 6.46. The van der Waals surface area contributed by atoms with Crippen molar-refractivity contribution in [3.05, 3.63) is 36.1 Å². The Morgan fingerprint density at radius 1 is 1.25 bits per heavy atom. The number of aromatic nitrogens is 1. The molecule has 2 heterocycles. The van der Waals surface area contributed by atoms with Gasteiger partial charge in [0.05, 0.1) is 11.5 Å². The standard InChI is InChI=1S/C20H23F2N3O3/c1-20(2,3)18(27)25-9-5-6-12(10-25)17(26)24-19-23-15(11-28-19)16-13(21)7-4-8-14(16)22/h4,7-8,11-12H,5-6,9-10H2,1-3H3,(H,23,24,26)/t12-/m1/s1. The van der Waals surface area contributed by atoms with Crippen LogP contribution in [0.3, 0.4) is 0 Å². The fourth-order valence-electron chi connectivity index (χ4n) is 3.25. The molecule has 150 valence electrons. The summed E-state index contributed by atoms with van der Waals surface area (Å²) in [5, 5.41) is 2.54. The van der Waals surface area contributed by atoms with Crippen molar-refractivity contribution in [2.75, 3.05) is 18.4 Å². The van der Waals surface area contributed by atoms with Crippen LogP contribution >= 0.6 is 0 Å². The summed E-state index contributed by atoms with van der Waals surface area (Å²) in [6, 6.07) is 3.36. The highest BCUT2D eigenvalue weighted by molar-refractivity contribution is 5.92. The van der Waals surface area contributed by atoms with Gasteiger partial charge in [-0.15, -0.1) is 0 Å². The Hall–Kier alpha value is -2.77. The van der Waals surface area contributed by atoms with Crippen LogP contribution in [0.25, 0.3) is 11.3 Å². The molecule has 0 saturated carbocycles. The van der Waals surface area contributed by atoms with Crippen LogP contribution in [0.2, 0.25) is 0 Å². The van der Waals surface area contributed by atoms with Gasteiger partial charge in [0, 0.05) is 18.5 Å². The molecule has 0 bridgehead atoms. The van der Waals surface area contributed by atoms with Crippen molar-refractivity contribution in [2.24, 2.45) is 11.3 Å². The van der Waals surface area contributed by atoms with Crippen molar-refractivity contribution in [3.63, 3.8) is 0 Å². The molecule has 0 unspecified atom stereocenters. The minimum Gasteiger partial charge on any atom is -0.431 e. The highest BCUT2D eigenvalue weighted by Gasteiger charge is 2.33. The molecule has 1 aromatic heterocycles. The number of carbonyl (C=O) groups is 2. The van der Waals surface area contributed by atoms with Gasteiger partial charge < -0.3 is 9.32 Å². The van der Waals surface area contributed by atoms with Crippen molar-refractivity contribution >= 4 is 17.8 Å². The first-order valence-electron chi connectivity index (χ1n) is 9.17. The van der Waals surface area contributed by atoms with Crippen LogP contribution < -0.4 is 5.32 Å². The normalized spacial score (nSPS) is 17.5. The SMILES string of the molecule is CC(C)(C)C(=O)N1CCC[C@@H](C(=O)Nc2nc(-c3c(F)cccc3F)co2)C1. The molecule has 1 N–H and O–H groups in total. The second-order valence-electron chi connectivity index (χ2n) is 7.96. The summed E-state index contributed by atoms with van der Waals surface area (Å²) in [4.78, 5) is 30.7. The molecule has 1 atom stereocenters. The molecule has 8 heteroatoms. The Balaban J connectivity index is 1.69. The fourth-order valence-corrected chi connectivity index (χ4v) is 3.25. The van der Waals surface area contributed by atoms with E-state index in [4.69, 9.17) is 4.42 Å². The Kier molecular flexibility index (Phi) is 5.49. The molecule has 1 aromatic carbocycles. The monoisotopic (exact) mass is 391 g/mol. The largest absolute Gasteiger partial charge is 0.431 e. The topological polar surface area (TPSA) is 75.4 Å². The number of halogens is 2. The molecule has 1 aliphatic heterocycles. The summed E-state index contributed by atoms with van der Waals surface area (Å²) >= 11 is 0. The number of benzene rings is 1. The number of rotatable bonds is 3. The van der Waals surface area contributed by atoms with Crippen molar-refractivity contribution < 1.29 is 22.8 Å². The predicted octanol–water partition coefficient (Wildman–Crippen LogP) is 3.84. The zero-order valence-electron chi connectivity index (χ0n) is 16.1. The lowest BCUT2D eigenvalue weighted by atomic mass is 9.91. The van der Waals surface area contributed by atoms with Crippen LogP contribution in [-0.4, -0.2) is 34.8 Å². The van der Waals surface area contributed by atoms with Crippen molar-refractivity contribution in [2.45, 2.75) is 33.6 Å². The summed E-state index contributed by atoms with van der Waals surface area (Å²) in [7, 11) is 0. The number of hydrogen-bond donors (Lipinski definition) is 1. The fraction of sp³-hybridized carbons (Fsp3) is 0.450. The van der Waals surface area contributed by atoms with E-state index in [1.165, 1.54) is 6.07 Å². The second kappa shape index (κ2) is 7.69. The van der Waals surface area contributed by atoms with Gasteiger partial charge in [0.2, 0.25) is 11.8 Å². The van der Waals surface area contributed by atoms with E-state index in [0.29, 0.717) is 19.5 Å². The highest BCUT2D eigenvalue weighted by Crippen LogP contribution is 2.28. The van der Waals surface area contributed by atoms with Gasteiger partial charge >= 0.3 is 6.01 Å². The molecule has 0 aliphatic carbocycles. The van der Waals surface area contributed by atoms with Crippen LogP contribution in [0.5, 0.6) is 0 Å². The first kappa shape index (κ1) is 20.0. The van der Waals surface area contributed by atoms with Crippen molar-refractivity contribution in [3.8, 4) is 11.3 Å². The molecule has 3 rings (SSSR count). The first-order valence-corrected chi connectivity index (χ1v) is 9.17. The van der Waals surface area contributed by atoms with Gasteiger partial charge in [-0.05, 0) is 25.0 Å². The van der Waals surface area contributed by atoms with E-state index in [-0.39, 0.29) is 29.1 Å². The Bertz CT molecular complexity index is 869. The maximum absolute atomic E-state index is 13.9. The third-order valence-electron chi connectivity index (χ3n) is 4.67. The van der Waals surface area contributed by atoms with E-state index in [1.807, 2.05) is 20.8 Å². The van der Waals surface area contributed by atoms with E-state index in [1.54, 1.807) is 4.90 Å². The predicted molar refractivity (Wildman–Crippen MR) is 99.2 cm³/mol. The molecule has 0 spiro atoms. The van der Waals surface area contributed by atoms with Gasteiger partial charge in [0.15, 0.2) is 0 Å². The molecule has 28 heavy (non-hydrogen) atoms. The van der Waals surface area contributed by atoms with Crippen LogP contribution in [-0.2, 0) is 9.59 Å². The zero-order valence-corrected chi connectivity index (χ0v) is 16.1. The van der Waals surface area contributed by atoms with Crippen molar-refractivity contribution in [1.82, 2.24) is 9.88 Å². The van der Waals surface area contributed by atoms with Gasteiger partial charge in [-0.1, -0.05) is 26.8 Å². The van der Waals surface area contributed by atoms with Crippen LogP contribution in [0.4, 0.5) is 14.8 Å². The number of likely N-dealkylation sites (tertiary alicyclic amines) is 1. The molecule has 2 amide bonds. The van der Waals surface area contributed by atoms with Gasteiger partial charge in [-0.3, -0.25) is 14.9 Å². The van der Waals surface area contributed by atoms with Gasteiger partial charge in [0.25, 0.3) is 0 Å². The quantitative estimate of drug-likeness (QED) is 0.863. The van der Waals surface area contributed by atoms with E-state index < -0.39 is 23.0 Å². The molecule has 1 fully saturated rings. The Morgan fingerprint density at radius 2 is 1.93 bits per heavy atom. The van der Waals surface area contributed by atoms with E-state index >= 15 is 0 Å². The second-order valence-corrected chi connectivity index (χ2v) is 7.96. The van der Waals surface area contributed by atoms with E-state index in [0.717, 1.165) is 24.8 Å². The van der Waals surface area contributed by atoms with Gasteiger partial charge in [-0.2, -0.15) is 4.98 Å². The lowest BCUT2D eigenvalue weighted by molar-refractivity contribution is -0.142. The third-order valence-corrected chi connectivity index (χ3v) is 4.67. The van der Waals surface area contributed by atoms with Crippen LogP contribution in [0, 0.1) is 23.0 Å². The third kappa shape index (κ3) is 4.21. The number of carbonyl (C=O) groups excluding carboxylic acids is 2. The van der Waals surface area contributed by atoms with E-state index in [2.05, 4.69) is 10.3 Å². The summed E-state index contributed by atoms with van der Waals surface area (Å²) in [5.74, 6) is -2.28. The Labute approximate surface area is 161 Å². The number of hydrogen-bond acceptors (Lipinski definition) is 4. The van der Waals surface area contributed by atoms with E-state index in [9.17, 15) is 18.4 Å². The minimum absolute atomic E-state index is 0.00145. The van der Waals surface area contributed by atoms with Crippen molar-refractivity contribution in [1.29, 1.82) is 0 Å². The molecule has 0 radical (unpaired) electrons. The summed E-state index contributed by atoms with van der Waals surface area (Å²) in [5.41, 5.74) is -0.870. The highest BCUT2D eigenvalue weighted by atomic mass is 19.1. The molecule has 1 aliphatic rings. The smallest absolute Gasteiger partial charge is 0.301 e. The van der Waals surface area contributed by atoms with Gasteiger partial charge in [-0.25, -0.2) is 8.78 Å². The molecule has 2 aromatic rings. The molecule has 6 nitrogen and oxygen atoms in total.